The predicted molar refractivity (Wildman–Crippen MR) is 106 cm³/mol. The molecule has 1 aliphatic carbocycles. The largest absolute Gasteiger partial charge is 0.330 e. The Morgan fingerprint density at radius 1 is 1.26 bits per heavy atom. The minimum atomic E-state index is -0.787. The van der Waals surface area contributed by atoms with Crippen LogP contribution in [0.15, 0.2) is 18.2 Å². The average Bonchev–Trinajstić information content (AvgIpc) is 3.05. The molecule has 4 fully saturated rings. The monoisotopic (exact) mass is 429 g/mol. The minimum Gasteiger partial charge on any atom is -0.330 e. The molecular formula is C22H25F2N5O2. The Labute approximate surface area is 179 Å². The molecule has 0 spiro atoms. The second-order valence-electron chi connectivity index (χ2n) is 9.28. The average molecular weight is 429 g/mol. The summed E-state index contributed by atoms with van der Waals surface area (Å²) in [4.78, 5) is 31.2. The van der Waals surface area contributed by atoms with E-state index in [-0.39, 0.29) is 36.5 Å². The summed E-state index contributed by atoms with van der Waals surface area (Å²) in [5.74, 6) is -1.23. The molecule has 4 aliphatic rings. The number of halogens is 2. The van der Waals surface area contributed by atoms with Crippen molar-refractivity contribution in [3.05, 3.63) is 35.4 Å². The van der Waals surface area contributed by atoms with Crippen LogP contribution in [0.3, 0.4) is 0 Å². The molecule has 31 heavy (non-hydrogen) atoms. The summed E-state index contributed by atoms with van der Waals surface area (Å²) in [7, 11) is 0. The van der Waals surface area contributed by atoms with Crippen LogP contribution in [0.25, 0.3) is 0 Å². The normalized spacial score (nSPS) is 33.4. The summed E-state index contributed by atoms with van der Waals surface area (Å²) in [6.07, 6.45) is 2.27. The standard InChI is InChI=1S/C22H25F2N5O2/c1-11(12-2-14(23)6-15(24)3-12)28-17-7-20(22(28)31)27(9-17)10-18(26)21(30)29-16(8-25)4-13-5-19(13)29/h2-3,6,11,13,16-20H,4-5,7,9-10,26H2,1H3/t11-,13-,16+,17+,18+,19+,20-/m1/s1. The van der Waals surface area contributed by atoms with Gasteiger partial charge in [0.15, 0.2) is 0 Å². The fourth-order valence-electron chi connectivity index (χ4n) is 5.79. The van der Waals surface area contributed by atoms with Crippen molar-refractivity contribution in [2.45, 2.75) is 62.4 Å². The predicted octanol–water partition coefficient (Wildman–Crippen LogP) is 1.15. The minimum absolute atomic E-state index is 0.0902. The zero-order valence-electron chi connectivity index (χ0n) is 17.2. The molecule has 5 rings (SSSR count). The lowest BCUT2D eigenvalue weighted by Crippen LogP contribution is -2.57. The quantitative estimate of drug-likeness (QED) is 0.758. The van der Waals surface area contributed by atoms with E-state index in [4.69, 9.17) is 5.73 Å². The molecule has 3 aliphatic heterocycles. The first-order valence-electron chi connectivity index (χ1n) is 10.8. The van der Waals surface area contributed by atoms with Crippen molar-refractivity contribution < 1.29 is 18.4 Å². The summed E-state index contributed by atoms with van der Waals surface area (Å²) >= 11 is 0. The fourth-order valence-corrected chi connectivity index (χ4v) is 5.79. The van der Waals surface area contributed by atoms with Gasteiger partial charge in [-0.25, -0.2) is 8.78 Å². The highest BCUT2D eigenvalue weighted by Crippen LogP contribution is 2.48. The Morgan fingerprint density at radius 3 is 2.61 bits per heavy atom. The lowest BCUT2D eigenvalue weighted by Gasteiger charge is -2.38. The molecule has 2 amide bonds. The molecule has 1 saturated carbocycles. The number of benzene rings is 1. The van der Waals surface area contributed by atoms with E-state index in [9.17, 15) is 23.6 Å². The van der Waals surface area contributed by atoms with Crippen molar-refractivity contribution in [2.75, 3.05) is 13.1 Å². The molecule has 3 saturated heterocycles. The fraction of sp³-hybridized carbons (Fsp3) is 0.591. The zero-order valence-corrected chi connectivity index (χ0v) is 17.2. The Kier molecular flexibility index (Phi) is 4.75. The smallest absolute Gasteiger partial charge is 0.242 e. The first-order chi connectivity index (χ1) is 14.8. The summed E-state index contributed by atoms with van der Waals surface area (Å²) in [6.45, 7) is 2.59. The summed E-state index contributed by atoms with van der Waals surface area (Å²) in [5, 5.41) is 9.33. The molecule has 1 aromatic rings. The first-order valence-corrected chi connectivity index (χ1v) is 10.8. The van der Waals surface area contributed by atoms with Crippen molar-refractivity contribution in [3.63, 3.8) is 0 Å². The van der Waals surface area contributed by atoms with Crippen LogP contribution < -0.4 is 5.73 Å². The van der Waals surface area contributed by atoms with Crippen molar-refractivity contribution >= 4 is 11.8 Å². The highest BCUT2D eigenvalue weighted by atomic mass is 19.1. The Bertz CT molecular complexity index is 961. The van der Waals surface area contributed by atoms with Gasteiger partial charge in [-0.15, -0.1) is 0 Å². The van der Waals surface area contributed by atoms with Crippen molar-refractivity contribution in [2.24, 2.45) is 11.7 Å². The third kappa shape index (κ3) is 3.29. The molecule has 0 unspecified atom stereocenters. The van der Waals surface area contributed by atoms with Crippen molar-refractivity contribution in [1.29, 1.82) is 5.26 Å². The maximum Gasteiger partial charge on any atom is 0.242 e. The number of hydrogen-bond donors (Lipinski definition) is 1. The second kappa shape index (κ2) is 7.24. The van der Waals surface area contributed by atoms with E-state index in [1.807, 2.05) is 4.90 Å². The number of nitrogens with zero attached hydrogens (tertiary/aromatic N) is 4. The topological polar surface area (TPSA) is 93.7 Å². The number of rotatable bonds is 5. The number of hydrogen-bond acceptors (Lipinski definition) is 5. The number of likely N-dealkylation sites (tertiary alicyclic amines) is 3. The first kappa shape index (κ1) is 20.3. The van der Waals surface area contributed by atoms with E-state index in [2.05, 4.69) is 6.07 Å². The summed E-state index contributed by atoms with van der Waals surface area (Å²) < 4.78 is 27.3. The Morgan fingerprint density at radius 2 is 1.97 bits per heavy atom. The molecule has 3 heterocycles. The van der Waals surface area contributed by atoms with Gasteiger partial charge in [-0.2, -0.15) is 5.26 Å². The molecule has 9 heteroatoms. The molecule has 164 valence electrons. The van der Waals surface area contributed by atoms with Gasteiger partial charge in [0.2, 0.25) is 11.8 Å². The van der Waals surface area contributed by atoms with Gasteiger partial charge in [-0.1, -0.05) is 0 Å². The SMILES string of the molecule is C[C@H](c1cc(F)cc(F)c1)N1C(=O)[C@H]2C[C@H]1CN2C[C@H](N)C(=O)N1[C@H](C#N)C[C@@H]2C[C@@H]21. The lowest BCUT2D eigenvalue weighted by molar-refractivity contribution is -0.141. The maximum atomic E-state index is 13.6. The van der Waals surface area contributed by atoms with Crippen LogP contribution in [0, 0.1) is 28.9 Å². The maximum absolute atomic E-state index is 13.6. The van der Waals surface area contributed by atoms with Gasteiger partial charge in [0.1, 0.15) is 17.7 Å². The molecule has 2 N–H and O–H groups in total. The van der Waals surface area contributed by atoms with Gasteiger partial charge in [-0.3, -0.25) is 14.5 Å². The van der Waals surface area contributed by atoms with Crippen LogP contribution >= 0.6 is 0 Å². The molecule has 0 radical (unpaired) electrons. The van der Waals surface area contributed by atoms with Gasteiger partial charge >= 0.3 is 0 Å². The highest BCUT2D eigenvalue weighted by molar-refractivity contribution is 5.87. The zero-order chi connectivity index (χ0) is 22.0. The van der Waals surface area contributed by atoms with E-state index in [0.717, 1.165) is 18.9 Å². The van der Waals surface area contributed by atoms with Crippen molar-refractivity contribution in [1.82, 2.24) is 14.7 Å². The Hall–Kier alpha value is -2.57. The van der Waals surface area contributed by atoms with Crippen LogP contribution in [0.2, 0.25) is 0 Å². The molecule has 0 aromatic heterocycles. The molecule has 1 aromatic carbocycles. The number of carbonyl (C=O) groups excluding carboxylic acids is 2. The number of fused-ring (bicyclic) bond motifs is 3. The van der Waals surface area contributed by atoms with E-state index >= 15 is 0 Å². The van der Waals surface area contributed by atoms with Crippen LogP contribution in [-0.4, -0.2) is 69.8 Å². The van der Waals surface area contributed by atoms with Crippen LogP contribution in [-0.2, 0) is 9.59 Å². The number of carbonyl (C=O) groups is 2. The van der Waals surface area contributed by atoms with E-state index in [0.29, 0.717) is 24.4 Å². The third-order valence-electron chi connectivity index (χ3n) is 7.36. The van der Waals surface area contributed by atoms with Gasteiger partial charge < -0.3 is 15.5 Å². The molecule has 2 bridgehead atoms. The number of amides is 2. The van der Waals surface area contributed by atoms with Crippen LogP contribution in [0.1, 0.15) is 37.8 Å². The molecule has 7 atom stereocenters. The van der Waals surface area contributed by atoms with Gasteiger partial charge in [0.25, 0.3) is 0 Å². The van der Waals surface area contributed by atoms with Crippen LogP contribution in [0.4, 0.5) is 8.78 Å². The number of nitriles is 1. The highest BCUT2D eigenvalue weighted by Gasteiger charge is 2.56. The Balaban J connectivity index is 1.24. The van der Waals surface area contributed by atoms with E-state index in [1.165, 1.54) is 12.1 Å². The van der Waals surface area contributed by atoms with E-state index < -0.39 is 29.8 Å². The number of piperidine rings is 1. The molecule has 7 nitrogen and oxygen atoms in total. The van der Waals surface area contributed by atoms with Gasteiger partial charge in [0, 0.05) is 31.2 Å². The molecular weight excluding hydrogens is 404 g/mol. The summed E-state index contributed by atoms with van der Waals surface area (Å²) in [5.41, 5.74) is 6.64. The number of nitrogens with two attached hydrogens (primary N) is 1. The number of piperazine rings is 1. The second-order valence-corrected chi connectivity index (χ2v) is 9.28. The lowest BCUT2D eigenvalue weighted by atomic mass is 10.0. The third-order valence-corrected chi connectivity index (χ3v) is 7.36. The van der Waals surface area contributed by atoms with Gasteiger partial charge in [0.05, 0.1) is 24.2 Å². The van der Waals surface area contributed by atoms with E-state index in [1.54, 1.807) is 16.7 Å². The summed E-state index contributed by atoms with van der Waals surface area (Å²) in [6, 6.07) is 3.56. The van der Waals surface area contributed by atoms with Crippen LogP contribution in [0.5, 0.6) is 0 Å². The van der Waals surface area contributed by atoms with Gasteiger partial charge in [-0.05, 0) is 49.8 Å². The van der Waals surface area contributed by atoms with Crippen molar-refractivity contribution in [3.8, 4) is 6.07 Å².